The van der Waals surface area contributed by atoms with Gasteiger partial charge in [-0.25, -0.2) is 26.4 Å². The lowest BCUT2D eigenvalue weighted by molar-refractivity contribution is -0.0319. The Labute approximate surface area is 340 Å². The molecule has 2 heterocycles. The molecule has 0 bridgehead atoms. The number of hydrogen-bond acceptors (Lipinski definition) is 11. The molecule has 3 aliphatic rings. The van der Waals surface area contributed by atoms with E-state index in [1.807, 2.05) is 24.3 Å². The summed E-state index contributed by atoms with van der Waals surface area (Å²) in [5.41, 5.74) is 0.920. The van der Waals surface area contributed by atoms with Crippen molar-refractivity contribution in [2.75, 3.05) is 39.5 Å². The molecule has 0 aromatic heterocycles. The molecule has 2 saturated heterocycles. The Morgan fingerprint density at radius 3 is 2.31 bits per heavy atom. The number of carbonyl (C=O) groups excluding carboxylic acids is 1. The van der Waals surface area contributed by atoms with Gasteiger partial charge in [-0.05, 0) is 107 Å². The van der Waals surface area contributed by atoms with Crippen molar-refractivity contribution in [3.63, 3.8) is 0 Å². The summed E-state index contributed by atoms with van der Waals surface area (Å²) in [4.78, 5) is 25.8. The number of aliphatic hydroxyl groups excluding tert-OH is 1. The number of ether oxygens (including phenoxy) is 4. The molecule has 3 aromatic carbocycles. The molecule has 1 aliphatic carbocycles. The average Bonchev–Trinajstić information content (AvgIpc) is 3.98. The molecule has 3 N–H and O–H groups in total. The van der Waals surface area contributed by atoms with Crippen LogP contribution in [0.2, 0.25) is 0 Å². The van der Waals surface area contributed by atoms with Gasteiger partial charge in [-0.3, -0.25) is 0 Å². The highest BCUT2D eigenvalue weighted by Gasteiger charge is 2.47. The largest absolute Gasteiger partial charge is 0.492 e. The second-order valence-electron chi connectivity index (χ2n) is 16.0. The van der Waals surface area contributed by atoms with Crippen LogP contribution in [0, 0.1) is 0 Å². The lowest BCUT2D eigenvalue weighted by Gasteiger charge is -2.38. The van der Waals surface area contributed by atoms with Crippen LogP contribution in [0.5, 0.6) is 11.5 Å². The van der Waals surface area contributed by atoms with Crippen molar-refractivity contribution in [3.8, 4) is 22.6 Å². The van der Waals surface area contributed by atoms with Crippen LogP contribution in [0.15, 0.2) is 76.5 Å². The Morgan fingerprint density at radius 2 is 1.67 bits per heavy atom. The highest BCUT2D eigenvalue weighted by Crippen LogP contribution is 2.41. The van der Waals surface area contributed by atoms with Crippen molar-refractivity contribution in [1.29, 1.82) is 0 Å². The second-order valence-corrected chi connectivity index (χ2v) is 20.2. The van der Waals surface area contributed by atoms with Crippen LogP contribution in [0.3, 0.4) is 0 Å². The minimum absolute atomic E-state index is 0.0354. The lowest BCUT2D eigenvalue weighted by Crippen LogP contribution is -2.48. The van der Waals surface area contributed by atoms with Crippen LogP contribution in [0.1, 0.15) is 65.4 Å². The molecule has 316 valence electrons. The monoisotopic (exact) mass is 843 g/mol. The highest BCUT2D eigenvalue weighted by atomic mass is 32.2. The zero-order valence-corrected chi connectivity index (χ0v) is 34.9. The van der Waals surface area contributed by atoms with Gasteiger partial charge in [0, 0.05) is 19.6 Å². The number of nitrogens with zero attached hydrogens (tertiary/aromatic N) is 2. The molecular formula is C41H53N3O12S2. The van der Waals surface area contributed by atoms with E-state index in [2.05, 4.69) is 5.32 Å². The molecule has 6 rings (SSSR count). The molecule has 15 nitrogen and oxygen atoms in total. The van der Waals surface area contributed by atoms with Crippen LogP contribution in [-0.4, -0.2) is 116 Å². The molecule has 2 atom stereocenters. The Hall–Kier alpha value is -4.42. The molecule has 2 amide bonds. The maximum Gasteiger partial charge on any atom is 0.407 e. The Balaban J connectivity index is 1.06. The van der Waals surface area contributed by atoms with Crippen LogP contribution in [0.25, 0.3) is 11.1 Å². The number of aliphatic hydroxyl groups is 1. The van der Waals surface area contributed by atoms with Gasteiger partial charge < -0.3 is 39.4 Å². The van der Waals surface area contributed by atoms with Crippen LogP contribution in [0.4, 0.5) is 9.59 Å². The van der Waals surface area contributed by atoms with Gasteiger partial charge >= 0.3 is 12.2 Å². The summed E-state index contributed by atoms with van der Waals surface area (Å²) < 4.78 is 78.1. The van der Waals surface area contributed by atoms with Crippen molar-refractivity contribution in [1.82, 2.24) is 14.5 Å². The Bertz CT molecular complexity index is 2160. The number of benzene rings is 3. The molecule has 0 unspecified atom stereocenters. The molecule has 58 heavy (non-hydrogen) atoms. The third-order valence-corrected chi connectivity index (χ3v) is 14.6. The number of alkyl carbamates (subject to hydrolysis) is 1. The SMILES string of the molecule is CCOc1ccc(-c2ccc(CNC(=O)OC(C)(C)C)cc2)cc1S(=O)(=O)N1CCC2(CC1)C[C@H](N(C[C@H](O)COc1cccc(S(=O)(=O)C3CC3)c1)C(=O)O)CO2. The van der Waals surface area contributed by atoms with E-state index in [0.717, 1.165) is 16.0 Å². The molecule has 2 aliphatic heterocycles. The van der Waals surface area contributed by atoms with Gasteiger partial charge in [-0.1, -0.05) is 36.4 Å². The third kappa shape index (κ3) is 10.4. The molecule has 3 fully saturated rings. The fourth-order valence-electron chi connectivity index (χ4n) is 7.28. The fourth-order valence-corrected chi connectivity index (χ4v) is 10.6. The van der Waals surface area contributed by atoms with Gasteiger partial charge in [-0.15, -0.1) is 0 Å². The maximum atomic E-state index is 14.2. The van der Waals surface area contributed by atoms with Crippen molar-refractivity contribution < 1.29 is 55.6 Å². The average molecular weight is 844 g/mol. The van der Waals surface area contributed by atoms with Gasteiger partial charge in [0.15, 0.2) is 9.84 Å². The van der Waals surface area contributed by atoms with E-state index in [0.29, 0.717) is 37.7 Å². The lowest BCUT2D eigenvalue weighted by atomic mass is 9.88. The van der Waals surface area contributed by atoms with E-state index < -0.39 is 55.4 Å². The first-order valence-corrected chi connectivity index (χ1v) is 22.5. The molecule has 0 radical (unpaired) electrons. The second kappa shape index (κ2) is 17.4. The third-order valence-electron chi connectivity index (χ3n) is 10.4. The fraction of sp³-hybridized carbons (Fsp3) is 0.512. The first-order valence-electron chi connectivity index (χ1n) is 19.5. The normalized spacial score (nSPS) is 19.0. The predicted molar refractivity (Wildman–Crippen MR) is 214 cm³/mol. The summed E-state index contributed by atoms with van der Waals surface area (Å²) >= 11 is 0. The zero-order valence-electron chi connectivity index (χ0n) is 33.3. The van der Waals surface area contributed by atoms with Gasteiger partial charge in [0.1, 0.15) is 34.7 Å². The van der Waals surface area contributed by atoms with Gasteiger partial charge in [-0.2, -0.15) is 4.31 Å². The van der Waals surface area contributed by atoms with E-state index >= 15 is 0 Å². The topological polar surface area (TPSA) is 198 Å². The van der Waals surface area contributed by atoms with E-state index in [4.69, 9.17) is 18.9 Å². The van der Waals surface area contributed by atoms with Crippen LogP contribution in [-0.2, 0) is 35.9 Å². The van der Waals surface area contributed by atoms with Gasteiger partial charge in [0.2, 0.25) is 10.0 Å². The standard InChI is InChI=1S/C41H53N3O12S2/c1-5-53-36-16-13-30(29-11-9-28(10-12-29)24-42-38(46)56-40(2,3)4)21-37(36)58(51,52)43-19-17-41(18-20-43)23-31(26-55-41)44(39(47)48)25-32(45)27-54-33-7-6-8-35(22-33)57(49,50)34-14-15-34/h6-13,16,21-22,31-32,34,45H,5,14-15,17-20,23-27H2,1-4H3,(H,42,46)(H,47,48)/t31-,32-/m0/s1. The predicted octanol–water partition coefficient (Wildman–Crippen LogP) is 5.45. The van der Waals surface area contributed by atoms with Crippen molar-refractivity contribution >= 4 is 32.0 Å². The van der Waals surface area contributed by atoms with E-state index in [1.54, 1.807) is 58.0 Å². The summed E-state index contributed by atoms with van der Waals surface area (Å²) in [7, 11) is -7.46. The number of sulfonamides is 1. The number of nitrogens with one attached hydrogen (secondary N) is 1. The Morgan fingerprint density at radius 1 is 0.983 bits per heavy atom. The number of hydrogen-bond donors (Lipinski definition) is 3. The van der Waals surface area contributed by atoms with Gasteiger partial charge in [0.05, 0.1) is 41.5 Å². The maximum absolute atomic E-state index is 14.2. The minimum atomic E-state index is -4.03. The number of carbonyl (C=O) groups is 2. The smallest absolute Gasteiger partial charge is 0.407 e. The summed E-state index contributed by atoms with van der Waals surface area (Å²) in [6.07, 6.45) is -0.717. The van der Waals surface area contributed by atoms with E-state index in [9.17, 15) is 36.6 Å². The van der Waals surface area contributed by atoms with Crippen LogP contribution >= 0.6 is 0 Å². The molecule has 1 spiro atoms. The molecule has 17 heteroatoms. The number of amides is 2. The number of sulfone groups is 1. The molecule has 3 aromatic rings. The summed E-state index contributed by atoms with van der Waals surface area (Å²) in [6, 6.07) is 18.0. The van der Waals surface area contributed by atoms with Crippen molar-refractivity contribution in [3.05, 3.63) is 72.3 Å². The summed E-state index contributed by atoms with van der Waals surface area (Å²) in [6.45, 7) is 7.52. The molecular weight excluding hydrogens is 791 g/mol. The van der Waals surface area contributed by atoms with E-state index in [-0.39, 0.29) is 72.5 Å². The number of rotatable bonds is 15. The summed E-state index contributed by atoms with van der Waals surface area (Å²) in [5, 5.41) is 23.3. The Kier molecular flexibility index (Phi) is 13.0. The van der Waals surface area contributed by atoms with Gasteiger partial charge in [0.25, 0.3) is 0 Å². The first kappa shape index (κ1) is 43.2. The highest BCUT2D eigenvalue weighted by molar-refractivity contribution is 7.92. The first-order chi connectivity index (χ1) is 27.4. The van der Waals surface area contributed by atoms with Crippen molar-refractivity contribution in [2.45, 2.75) is 105 Å². The number of carboxylic acid groups (broad SMARTS) is 1. The zero-order chi connectivity index (χ0) is 41.9. The van der Waals surface area contributed by atoms with E-state index in [1.165, 1.54) is 16.4 Å². The van der Waals surface area contributed by atoms with Crippen molar-refractivity contribution in [2.24, 2.45) is 0 Å². The minimum Gasteiger partial charge on any atom is -0.492 e. The summed E-state index contributed by atoms with van der Waals surface area (Å²) in [5.74, 6) is 0.491. The molecule has 1 saturated carbocycles. The van der Waals surface area contributed by atoms with Crippen LogP contribution < -0.4 is 14.8 Å². The number of piperidine rings is 1. The quantitative estimate of drug-likeness (QED) is 0.175.